The first-order valence-electron chi connectivity index (χ1n) is 5.74. The molecule has 3 N–H and O–H groups in total. The van der Waals surface area contributed by atoms with Crippen molar-refractivity contribution < 1.29 is 14.7 Å². The maximum atomic E-state index is 11.6. The molecular formula is C13H14ClN3O3. The Labute approximate surface area is 121 Å². The van der Waals surface area contributed by atoms with Crippen LogP contribution in [-0.4, -0.2) is 23.7 Å². The Balaban J connectivity index is 2.64. The summed E-state index contributed by atoms with van der Waals surface area (Å²) in [7, 11) is 0. The molecule has 0 heterocycles. The smallest absolute Gasteiger partial charge is 0.319 e. The molecule has 0 atom stereocenters. The Morgan fingerprint density at radius 3 is 2.60 bits per heavy atom. The number of urea groups is 1. The van der Waals surface area contributed by atoms with Crippen molar-refractivity contribution in [3.63, 3.8) is 0 Å². The van der Waals surface area contributed by atoms with Crippen LogP contribution in [0.25, 0.3) is 0 Å². The van der Waals surface area contributed by atoms with Gasteiger partial charge in [0, 0.05) is 6.54 Å². The molecule has 1 rings (SSSR count). The van der Waals surface area contributed by atoms with Gasteiger partial charge in [-0.3, -0.25) is 4.79 Å². The maximum Gasteiger partial charge on any atom is 0.319 e. The third-order valence-corrected chi connectivity index (χ3v) is 2.93. The fraction of sp³-hybridized carbons (Fsp3) is 0.308. The molecule has 0 saturated heterocycles. The molecule has 0 saturated carbocycles. The molecule has 1 aromatic carbocycles. The van der Waals surface area contributed by atoms with Gasteiger partial charge in [-0.25, -0.2) is 4.79 Å². The lowest BCUT2D eigenvalue weighted by Gasteiger charge is -2.19. The summed E-state index contributed by atoms with van der Waals surface area (Å²) in [5.41, 5.74) is -0.338. The Hall–Kier alpha value is -2.26. The SMILES string of the molecule is CC(C)(CNC(=O)Nc1ccc(C#N)cc1Cl)C(=O)O. The lowest BCUT2D eigenvalue weighted by molar-refractivity contribution is -0.146. The van der Waals surface area contributed by atoms with Crippen molar-refractivity contribution in [1.29, 1.82) is 5.26 Å². The van der Waals surface area contributed by atoms with Gasteiger partial charge in [0.05, 0.1) is 27.8 Å². The first kappa shape index (κ1) is 15.8. The molecule has 0 aliphatic rings. The van der Waals surface area contributed by atoms with E-state index in [0.29, 0.717) is 11.3 Å². The number of hydrogen-bond acceptors (Lipinski definition) is 3. The molecule has 6 nitrogen and oxygen atoms in total. The van der Waals surface area contributed by atoms with Crippen LogP contribution in [0, 0.1) is 16.7 Å². The van der Waals surface area contributed by atoms with Crippen molar-refractivity contribution in [2.75, 3.05) is 11.9 Å². The summed E-state index contributed by atoms with van der Waals surface area (Å²) in [5.74, 6) is -1.01. The topological polar surface area (TPSA) is 102 Å². The van der Waals surface area contributed by atoms with Crippen LogP contribution >= 0.6 is 11.6 Å². The number of carboxylic acid groups (broad SMARTS) is 1. The van der Waals surface area contributed by atoms with Crippen LogP contribution in [0.2, 0.25) is 5.02 Å². The maximum absolute atomic E-state index is 11.6. The molecule has 0 aromatic heterocycles. The quantitative estimate of drug-likeness (QED) is 0.794. The minimum atomic E-state index is -1.06. The number of carboxylic acids is 1. The summed E-state index contributed by atoms with van der Waals surface area (Å²) in [6.07, 6.45) is 0. The molecule has 2 amide bonds. The minimum Gasteiger partial charge on any atom is -0.481 e. The Kier molecular flexibility index (Phi) is 4.94. The molecule has 20 heavy (non-hydrogen) atoms. The minimum absolute atomic E-state index is 0.0257. The zero-order valence-corrected chi connectivity index (χ0v) is 11.8. The molecule has 0 aliphatic heterocycles. The lowest BCUT2D eigenvalue weighted by Crippen LogP contribution is -2.40. The van der Waals surface area contributed by atoms with Gasteiger partial charge in [0.2, 0.25) is 0 Å². The van der Waals surface area contributed by atoms with Gasteiger partial charge in [-0.1, -0.05) is 11.6 Å². The molecular weight excluding hydrogens is 282 g/mol. The number of nitriles is 1. The second-order valence-corrected chi connectivity index (χ2v) is 5.21. The van der Waals surface area contributed by atoms with Gasteiger partial charge < -0.3 is 15.7 Å². The fourth-order valence-corrected chi connectivity index (χ4v) is 1.46. The molecule has 7 heteroatoms. The third-order valence-electron chi connectivity index (χ3n) is 2.62. The summed E-state index contributed by atoms with van der Waals surface area (Å²) in [5, 5.41) is 22.8. The van der Waals surface area contributed by atoms with E-state index in [1.54, 1.807) is 0 Å². The van der Waals surface area contributed by atoms with Gasteiger partial charge in [0.25, 0.3) is 0 Å². The number of carbonyl (C=O) groups excluding carboxylic acids is 1. The molecule has 0 radical (unpaired) electrons. The number of rotatable bonds is 4. The van der Waals surface area contributed by atoms with Gasteiger partial charge in [-0.15, -0.1) is 0 Å². The summed E-state index contributed by atoms with van der Waals surface area (Å²) in [6, 6.07) is 5.81. The highest BCUT2D eigenvalue weighted by molar-refractivity contribution is 6.33. The summed E-state index contributed by atoms with van der Waals surface area (Å²) < 4.78 is 0. The summed E-state index contributed by atoms with van der Waals surface area (Å²) >= 11 is 5.91. The number of halogens is 1. The first-order valence-corrected chi connectivity index (χ1v) is 6.12. The average molecular weight is 296 g/mol. The number of anilines is 1. The number of carbonyl (C=O) groups is 2. The van der Waals surface area contributed by atoms with Crippen LogP contribution in [0.3, 0.4) is 0 Å². The Morgan fingerprint density at radius 1 is 1.45 bits per heavy atom. The normalized spacial score (nSPS) is 10.5. The Bertz CT molecular complexity index is 579. The zero-order chi connectivity index (χ0) is 15.3. The molecule has 0 aliphatic carbocycles. The molecule has 0 fully saturated rings. The predicted octanol–water partition coefficient (Wildman–Crippen LogP) is 2.44. The molecule has 106 valence electrons. The van der Waals surface area contributed by atoms with E-state index in [1.807, 2.05) is 6.07 Å². The van der Waals surface area contributed by atoms with Crippen LogP contribution in [0.15, 0.2) is 18.2 Å². The standard InChI is InChI=1S/C13H14ClN3O3/c1-13(2,11(18)19)7-16-12(20)17-10-4-3-8(6-15)5-9(10)14/h3-5H,7H2,1-2H3,(H,18,19)(H2,16,17,20). The largest absolute Gasteiger partial charge is 0.481 e. The van der Waals surface area contributed by atoms with E-state index in [0.717, 1.165) is 0 Å². The predicted molar refractivity (Wildman–Crippen MR) is 74.6 cm³/mol. The van der Waals surface area contributed by atoms with Crippen molar-refractivity contribution in [3.8, 4) is 6.07 Å². The molecule has 1 aromatic rings. The van der Waals surface area contributed by atoms with Gasteiger partial charge >= 0.3 is 12.0 Å². The van der Waals surface area contributed by atoms with Gasteiger partial charge in [-0.2, -0.15) is 5.26 Å². The summed E-state index contributed by atoms with van der Waals surface area (Å²) in [4.78, 5) is 22.5. The van der Waals surface area contributed by atoms with E-state index in [2.05, 4.69) is 10.6 Å². The zero-order valence-electron chi connectivity index (χ0n) is 11.0. The van der Waals surface area contributed by atoms with Crippen LogP contribution in [0.5, 0.6) is 0 Å². The Morgan fingerprint density at radius 2 is 2.10 bits per heavy atom. The monoisotopic (exact) mass is 295 g/mol. The second kappa shape index (κ2) is 6.26. The summed E-state index contributed by atoms with van der Waals surface area (Å²) in [6.45, 7) is 2.98. The van der Waals surface area contributed by atoms with Crippen LogP contribution in [0.4, 0.5) is 10.5 Å². The van der Waals surface area contributed by atoms with Gasteiger partial charge in [-0.05, 0) is 32.0 Å². The van der Waals surface area contributed by atoms with Crippen molar-refractivity contribution in [1.82, 2.24) is 5.32 Å². The number of aliphatic carboxylic acids is 1. The number of hydrogen-bond donors (Lipinski definition) is 3. The van der Waals surface area contributed by atoms with Crippen LogP contribution in [-0.2, 0) is 4.79 Å². The lowest BCUT2D eigenvalue weighted by atomic mass is 9.94. The highest BCUT2D eigenvalue weighted by Gasteiger charge is 2.27. The molecule has 0 unspecified atom stereocenters. The van der Waals surface area contributed by atoms with Crippen molar-refractivity contribution in [3.05, 3.63) is 28.8 Å². The van der Waals surface area contributed by atoms with E-state index >= 15 is 0 Å². The van der Waals surface area contributed by atoms with Crippen molar-refractivity contribution >= 4 is 29.3 Å². The van der Waals surface area contributed by atoms with Crippen molar-refractivity contribution in [2.45, 2.75) is 13.8 Å². The van der Waals surface area contributed by atoms with E-state index in [9.17, 15) is 9.59 Å². The van der Waals surface area contributed by atoms with E-state index in [4.69, 9.17) is 22.0 Å². The van der Waals surface area contributed by atoms with Crippen LogP contribution in [0.1, 0.15) is 19.4 Å². The number of amides is 2. The number of nitrogens with zero attached hydrogens (tertiary/aromatic N) is 1. The van der Waals surface area contributed by atoms with E-state index in [1.165, 1.54) is 32.0 Å². The van der Waals surface area contributed by atoms with E-state index in [-0.39, 0.29) is 11.6 Å². The van der Waals surface area contributed by atoms with Crippen molar-refractivity contribution in [2.24, 2.45) is 5.41 Å². The highest BCUT2D eigenvalue weighted by Crippen LogP contribution is 2.22. The molecule has 0 spiro atoms. The number of benzene rings is 1. The molecule has 0 bridgehead atoms. The average Bonchev–Trinajstić information content (AvgIpc) is 2.38. The fourth-order valence-electron chi connectivity index (χ4n) is 1.23. The van der Waals surface area contributed by atoms with Gasteiger partial charge in [0.1, 0.15) is 0 Å². The van der Waals surface area contributed by atoms with Crippen LogP contribution < -0.4 is 10.6 Å². The van der Waals surface area contributed by atoms with E-state index < -0.39 is 17.4 Å². The van der Waals surface area contributed by atoms with Gasteiger partial charge in [0.15, 0.2) is 0 Å². The number of nitrogens with one attached hydrogen (secondary N) is 2. The third kappa shape index (κ3) is 4.14. The first-order chi connectivity index (χ1) is 9.26. The highest BCUT2D eigenvalue weighted by atomic mass is 35.5. The second-order valence-electron chi connectivity index (χ2n) is 4.80.